The molecule has 82 valence electrons. The van der Waals surface area contributed by atoms with Gasteiger partial charge in [0.15, 0.2) is 0 Å². The van der Waals surface area contributed by atoms with E-state index in [1.54, 1.807) is 6.20 Å². The minimum atomic E-state index is 0.148. The zero-order valence-electron chi connectivity index (χ0n) is 8.62. The highest BCUT2D eigenvalue weighted by Crippen LogP contribution is 2.06. The Balaban J connectivity index is 1.80. The zero-order valence-corrected chi connectivity index (χ0v) is 8.62. The molecule has 1 unspecified atom stereocenters. The van der Waals surface area contributed by atoms with E-state index in [2.05, 4.69) is 20.8 Å². The van der Waals surface area contributed by atoms with Crippen LogP contribution >= 0.6 is 0 Å². The Morgan fingerprint density at radius 1 is 1.60 bits per heavy atom. The summed E-state index contributed by atoms with van der Waals surface area (Å²) in [6.45, 7) is 1.55. The first-order chi connectivity index (χ1) is 7.34. The lowest BCUT2D eigenvalue weighted by Crippen LogP contribution is -2.32. The maximum atomic E-state index is 11.3. The van der Waals surface area contributed by atoms with Crippen molar-refractivity contribution in [2.75, 3.05) is 6.54 Å². The third-order valence-corrected chi connectivity index (χ3v) is 2.62. The number of hydrogen-bond acceptors (Lipinski definition) is 3. The van der Waals surface area contributed by atoms with Crippen molar-refractivity contribution >= 4 is 5.91 Å². The van der Waals surface area contributed by atoms with E-state index in [1.807, 2.05) is 6.07 Å². The van der Waals surface area contributed by atoms with Crippen LogP contribution in [0.4, 0.5) is 0 Å². The van der Waals surface area contributed by atoms with Gasteiger partial charge in [-0.15, -0.1) is 0 Å². The van der Waals surface area contributed by atoms with E-state index in [-0.39, 0.29) is 11.9 Å². The van der Waals surface area contributed by atoms with Gasteiger partial charge in [-0.2, -0.15) is 5.10 Å². The molecule has 1 aromatic rings. The lowest BCUT2D eigenvalue weighted by atomic mass is 10.1. The molecule has 1 atom stereocenters. The second-order valence-electron chi connectivity index (χ2n) is 3.86. The summed E-state index contributed by atoms with van der Waals surface area (Å²) < 4.78 is 0. The number of nitrogens with one attached hydrogen (secondary N) is 3. The van der Waals surface area contributed by atoms with Crippen LogP contribution in [0.25, 0.3) is 0 Å². The van der Waals surface area contributed by atoms with Crippen molar-refractivity contribution < 1.29 is 4.79 Å². The number of nitrogens with zero attached hydrogens (tertiary/aromatic N) is 1. The van der Waals surface area contributed by atoms with E-state index < -0.39 is 0 Å². The van der Waals surface area contributed by atoms with Crippen LogP contribution in [-0.4, -0.2) is 28.7 Å². The number of rotatable bonds is 3. The SMILES string of the molecule is O=C1CC(NCc2ccn[nH]2)CCCN1. The molecule has 0 aliphatic carbocycles. The van der Waals surface area contributed by atoms with Gasteiger partial charge in [-0.1, -0.05) is 0 Å². The Hall–Kier alpha value is -1.36. The Morgan fingerprint density at radius 3 is 3.33 bits per heavy atom. The molecular weight excluding hydrogens is 192 g/mol. The van der Waals surface area contributed by atoms with Crippen LogP contribution in [0.15, 0.2) is 12.3 Å². The van der Waals surface area contributed by atoms with Gasteiger partial charge in [0.05, 0.1) is 0 Å². The van der Waals surface area contributed by atoms with E-state index in [0.29, 0.717) is 6.42 Å². The summed E-state index contributed by atoms with van der Waals surface area (Å²) in [5.74, 6) is 0.148. The molecule has 1 saturated heterocycles. The minimum Gasteiger partial charge on any atom is -0.356 e. The lowest BCUT2D eigenvalue weighted by Gasteiger charge is -2.13. The topological polar surface area (TPSA) is 69.8 Å². The van der Waals surface area contributed by atoms with E-state index in [1.165, 1.54) is 0 Å². The monoisotopic (exact) mass is 208 g/mol. The number of carbonyl (C=O) groups excluding carboxylic acids is 1. The Kier molecular flexibility index (Phi) is 3.34. The summed E-state index contributed by atoms with van der Waals surface area (Å²) in [5.41, 5.74) is 1.06. The van der Waals surface area contributed by atoms with E-state index in [0.717, 1.165) is 31.6 Å². The predicted molar refractivity (Wildman–Crippen MR) is 56.1 cm³/mol. The van der Waals surface area contributed by atoms with Crippen molar-refractivity contribution in [3.05, 3.63) is 18.0 Å². The highest BCUT2D eigenvalue weighted by Gasteiger charge is 2.16. The van der Waals surface area contributed by atoms with Crippen LogP contribution in [-0.2, 0) is 11.3 Å². The molecule has 0 bridgehead atoms. The van der Waals surface area contributed by atoms with Crippen molar-refractivity contribution in [2.45, 2.75) is 31.8 Å². The van der Waals surface area contributed by atoms with Crippen LogP contribution in [0.1, 0.15) is 25.0 Å². The molecule has 0 aromatic carbocycles. The smallest absolute Gasteiger partial charge is 0.221 e. The molecule has 15 heavy (non-hydrogen) atoms. The van der Waals surface area contributed by atoms with Gasteiger partial charge in [0.25, 0.3) is 0 Å². The van der Waals surface area contributed by atoms with Gasteiger partial charge in [0.1, 0.15) is 0 Å². The third-order valence-electron chi connectivity index (χ3n) is 2.62. The van der Waals surface area contributed by atoms with E-state index in [4.69, 9.17) is 0 Å². The molecule has 1 aliphatic rings. The maximum Gasteiger partial charge on any atom is 0.221 e. The van der Waals surface area contributed by atoms with Crippen molar-refractivity contribution in [2.24, 2.45) is 0 Å². The summed E-state index contributed by atoms with van der Waals surface area (Å²) in [4.78, 5) is 11.3. The molecule has 0 spiro atoms. The number of aromatic amines is 1. The third kappa shape index (κ3) is 3.06. The molecule has 3 N–H and O–H groups in total. The summed E-state index contributed by atoms with van der Waals surface area (Å²) >= 11 is 0. The summed E-state index contributed by atoms with van der Waals surface area (Å²) in [7, 11) is 0. The van der Waals surface area contributed by atoms with Crippen LogP contribution < -0.4 is 10.6 Å². The molecule has 1 aliphatic heterocycles. The fraction of sp³-hybridized carbons (Fsp3) is 0.600. The van der Waals surface area contributed by atoms with Crippen molar-refractivity contribution in [1.29, 1.82) is 0 Å². The van der Waals surface area contributed by atoms with E-state index in [9.17, 15) is 4.79 Å². The van der Waals surface area contributed by atoms with Crippen molar-refractivity contribution in [3.8, 4) is 0 Å². The quantitative estimate of drug-likeness (QED) is 0.663. The molecule has 0 saturated carbocycles. The van der Waals surface area contributed by atoms with Crippen molar-refractivity contribution in [3.63, 3.8) is 0 Å². The Morgan fingerprint density at radius 2 is 2.53 bits per heavy atom. The Bertz CT molecular complexity index is 309. The molecule has 2 heterocycles. The first-order valence-electron chi connectivity index (χ1n) is 5.33. The zero-order chi connectivity index (χ0) is 10.5. The van der Waals surface area contributed by atoms with Crippen LogP contribution in [0.5, 0.6) is 0 Å². The average molecular weight is 208 g/mol. The summed E-state index contributed by atoms with van der Waals surface area (Å²) in [6, 6.07) is 2.22. The maximum absolute atomic E-state index is 11.3. The van der Waals surface area contributed by atoms with Crippen molar-refractivity contribution in [1.82, 2.24) is 20.8 Å². The first kappa shape index (κ1) is 10.2. The van der Waals surface area contributed by atoms with Gasteiger partial charge >= 0.3 is 0 Å². The normalized spacial score (nSPS) is 22.1. The highest BCUT2D eigenvalue weighted by molar-refractivity contribution is 5.76. The molecule has 1 fully saturated rings. The molecule has 5 nitrogen and oxygen atoms in total. The fourth-order valence-electron chi connectivity index (χ4n) is 1.79. The standard InChI is InChI=1S/C10H16N4O/c15-10-6-8(2-1-4-11-10)12-7-9-3-5-13-14-9/h3,5,8,12H,1-2,4,6-7H2,(H,11,15)(H,13,14). The number of hydrogen-bond donors (Lipinski definition) is 3. The second-order valence-corrected chi connectivity index (χ2v) is 3.86. The Labute approximate surface area is 88.6 Å². The lowest BCUT2D eigenvalue weighted by molar-refractivity contribution is -0.121. The van der Waals surface area contributed by atoms with Gasteiger partial charge in [0.2, 0.25) is 5.91 Å². The predicted octanol–water partition coefficient (Wildman–Crippen LogP) is 0.168. The number of amides is 1. The average Bonchev–Trinajstić information content (AvgIpc) is 2.65. The van der Waals surface area contributed by atoms with Crippen LogP contribution in [0.2, 0.25) is 0 Å². The van der Waals surface area contributed by atoms with E-state index >= 15 is 0 Å². The van der Waals surface area contributed by atoms with Gasteiger partial charge in [-0.05, 0) is 18.9 Å². The van der Waals surface area contributed by atoms with Gasteiger partial charge < -0.3 is 10.6 Å². The number of carbonyl (C=O) groups is 1. The van der Waals surface area contributed by atoms with Crippen LogP contribution in [0, 0.1) is 0 Å². The minimum absolute atomic E-state index is 0.148. The molecule has 1 aromatic heterocycles. The molecule has 0 radical (unpaired) electrons. The number of aromatic nitrogens is 2. The summed E-state index contributed by atoms with van der Waals surface area (Å²) in [5, 5.41) is 13.0. The molecule has 1 amide bonds. The molecule has 5 heteroatoms. The second kappa shape index (κ2) is 4.93. The van der Waals surface area contributed by atoms with Gasteiger partial charge in [-0.3, -0.25) is 9.89 Å². The van der Waals surface area contributed by atoms with Gasteiger partial charge in [-0.25, -0.2) is 0 Å². The van der Waals surface area contributed by atoms with Crippen LogP contribution in [0.3, 0.4) is 0 Å². The summed E-state index contributed by atoms with van der Waals surface area (Å²) in [6.07, 6.45) is 4.41. The highest BCUT2D eigenvalue weighted by atomic mass is 16.1. The van der Waals surface area contributed by atoms with Gasteiger partial charge in [0, 0.05) is 37.4 Å². The molecule has 2 rings (SSSR count). The fourth-order valence-corrected chi connectivity index (χ4v) is 1.79. The number of H-pyrrole nitrogens is 1. The largest absolute Gasteiger partial charge is 0.356 e. The first-order valence-corrected chi connectivity index (χ1v) is 5.33. The molecular formula is C10H16N4O.